The van der Waals surface area contributed by atoms with Crippen LogP contribution >= 0.6 is 0 Å². The smallest absolute Gasteiger partial charge is 0.323 e. The summed E-state index contributed by atoms with van der Waals surface area (Å²) in [6.07, 6.45) is 1.76. The molecule has 6 nitrogen and oxygen atoms in total. The summed E-state index contributed by atoms with van der Waals surface area (Å²) in [7, 11) is 3.13. The molecule has 1 rings (SSSR count). The number of unbranched alkanes of at least 4 members (excludes halogenated alkanes) is 1. The van der Waals surface area contributed by atoms with Crippen LogP contribution in [0.1, 0.15) is 26.2 Å². The second-order valence-electron chi connectivity index (χ2n) is 5.02. The zero-order valence-electron chi connectivity index (χ0n) is 12.7. The average Bonchev–Trinajstić information content (AvgIpc) is 2.46. The maximum absolute atomic E-state index is 10.9. The Hall–Kier alpha value is -1.95. The zero-order valence-corrected chi connectivity index (χ0v) is 12.7. The van der Waals surface area contributed by atoms with Crippen molar-refractivity contribution in [3.63, 3.8) is 0 Å². The van der Waals surface area contributed by atoms with E-state index in [0.29, 0.717) is 43.1 Å². The van der Waals surface area contributed by atoms with E-state index in [-0.39, 0.29) is 0 Å². The molecule has 0 fully saturated rings. The maximum atomic E-state index is 10.9. The Labute approximate surface area is 124 Å². The SMILES string of the molecule is COc1cccc(OC)c1OCCCCC(C)(N)C(=O)O. The normalized spacial score (nSPS) is 13.3. The van der Waals surface area contributed by atoms with Gasteiger partial charge < -0.3 is 25.1 Å². The van der Waals surface area contributed by atoms with Gasteiger partial charge in [0.1, 0.15) is 5.54 Å². The summed E-state index contributed by atoms with van der Waals surface area (Å²) in [4.78, 5) is 10.9. The second-order valence-corrected chi connectivity index (χ2v) is 5.02. The number of para-hydroxylation sites is 1. The fourth-order valence-corrected chi connectivity index (χ4v) is 1.83. The molecule has 118 valence electrons. The van der Waals surface area contributed by atoms with Crippen molar-refractivity contribution < 1.29 is 24.1 Å². The number of nitrogens with two attached hydrogens (primary N) is 1. The van der Waals surface area contributed by atoms with Gasteiger partial charge in [0.05, 0.1) is 20.8 Å². The third-order valence-electron chi connectivity index (χ3n) is 3.21. The third kappa shape index (κ3) is 4.82. The van der Waals surface area contributed by atoms with Crippen molar-refractivity contribution in [2.45, 2.75) is 31.7 Å². The first-order chi connectivity index (χ1) is 9.92. The lowest BCUT2D eigenvalue weighted by Gasteiger charge is -2.19. The van der Waals surface area contributed by atoms with Crippen molar-refractivity contribution >= 4 is 5.97 Å². The second kappa shape index (κ2) is 7.73. The summed E-state index contributed by atoms with van der Waals surface area (Å²) in [5, 5.41) is 8.92. The molecule has 1 atom stereocenters. The number of methoxy groups -OCH3 is 2. The van der Waals surface area contributed by atoms with Crippen molar-refractivity contribution in [2.24, 2.45) is 5.73 Å². The number of rotatable bonds is 9. The summed E-state index contributed by atoms with van der Waals surface area (Å²) in [6, 6.07) is 5.40. The molecule has 3 N–H and O–H groups in total. The highest BCUT2D eigenvalue weighted by molar-refractivity contribution is 5.77. The van der Waals surface area contributed by atoms with E-state index in [2.05, 4.69) is 0 Å². The molecule has 0 radical (unpaired) electrons. The van der Waals surface area contributed by atoms with Crippen LogP contribution in [0.3, 0.4) is 0 Å². The van der Waals surface area contributed by atoms with Crippen molar-refractivity contribution in [1.29, 1.82) is 0 Å². The fourth-order valence-electron chi connectivity index (χ4n) is 1.83. The van der Waals surface area contributed by atoms with Crippen LogP contribution in [0, 0.1) is 0 Å². The standard InChI is InChI=1S/C15H23NO5/c1-15(16,14(17)18)9-4-5-10-21-13-11(19-2)7-6-8-12(13)20-3/h6-8H,4-5,9-10,16H2,1-3H3,(H,17,18). The van der Waals surface area contributed by atoms with Crippen LogP contribution in [0.15, 0.2) is 18.2 Å². The van der Waals surface area contributed by atoms with Crippen molar-refractivity contribution in [2.75, 3.05) is 20.8 Å². The predicted octanol–water partition coefficient (Wildman–Crippen LogP) is 2.05. The van der Waals surface area contributed by atoms with Crippen LogP contribution in [0.4, 0.5) is 0 Å². The summed E-state index contributed by atoms with van der Waals surface area (Å²) < 4.78 is 16.1. The molecule has 0 bridgehead atoms. The van der Waals surface area contributed by atoms with E-state index in [1.165, 1.54) is 6.92 Å². The number of carboxylic acids is 1. The first-order valence-electron chi connectivity index (χ1n) is 6.78. The number of hydrogen-bond acceptors (Lipinski definition) is 5. The van der Waals surface area contributed by atoms with Gasteiger partial charge in [0.15, 0.2) is 11.5 Å². The molecule has 0 spiro atoms. The van der Waals surface area contributed by atoms with Gasteiger partial charge in [-0.25, -0.2) is 0 Å². The number of benzene rings is 1. The van der Waals surface area contributed by atoms with E-state index in [1.807, 2.05) is 6.07 Å². The van der Waals surface area contributed by atoms with E-state index in [0.717, 1.165) is 0 Å². The monoisotopic (exact) mass is 297 g/mol. The van der Waals surface area contributed by atoms with Crippen LogP contribution in [-0.2, 0) is 4.79 Å². The highest BCUT2D eigenvalue weighted by Crippen LogP contribution is 2.36. The maximum Gasteiger partial charge on any atom is 0.323 e. The number of aliphatic carboxylic acids is 1. The number of hydrogen-bond donors (Lipinski definition) is 2. The van der Waals surface area contributed by atoms with Crippen LogP contribution < -0.4 is 19.9 Å². The highest BCUT2D eigenvalue weighted by atomic mass is 16.5. The van der Waals surface area contributed by atoms with Crippen molar-refractivity contribution in [3.05, 3.63) is 18.2 Å². The minimum atomic E-state index is -1.19. The first-order valence-corrected chi connectivity index (χ1v) is 6.78. The summed E-state index contributed by atoms with van der Waals surface area (Å²) in [6.45, 7) is 1.95. The summed E-state index contributed by atoms with van der Waals surface area (Å²) in [5.74, 6) is 0.762. The first kappa shape index (κ1) is 17.1. The van der Waals surface area contributed by atoms with Gasteiger partial charge in [-0.05, 0) is 38.3 Å². The molecule has 1 aromatic carbocycles. The molecule has 21 heavy (non-hydrogen) atoms. The van der Waals surface area contributed by atoms with Crippen LogP contribution in [0.5, 0.6) is 17.2 Å². The van der Waals surface area contributed by atoms with E-state index < -0.39 is 11.5 Å². The molecular weight excluding hydrogens is 274 g/mol. The third-order valence-corrected chi connectivity index (χ3v) is 3.21. The van der Waals surface area contributed by atoms with E-state index >= 15 is 0 Å². The molecule has 0 aliphatic rings. The van der Waals surface area contributed by atoms with Gasteiger partial charge in [0.2, 0.25) is 5.75 Å². The Morgan fingerprint density at radius 3 is 2.29 bits per heavy atom. The van der Waals surface area contributed by atoms with Crippen LogP contribution in [0.2, 0.25) is 0 Å². The molecular formula is C15H23NO5. The average molecular weight is 297 g/mol. The van der Waals surface area contributed by atoms with Gasteiger partial charge in [-0.3, -0.25) is 4.79 Å². The fraction of sp³-hybridized carbons (Fsp3) is 0.533. The Kier molecular flexibility index (Phi) is 6.30. The zero-order chi connectivity index (χ0) is 15.9. The van der Waals surface area contributed by atoms with Crippen LogP contribution in [-0.4, -0.2) is 37.4 Å². The van der Waals surface area contributed by atoms with Crippen molar-refractivity contribution in [3.8, 4) is 17.2 Å². The van der Waals surface area contributed by atoms with Gasteiger partial charge >= 0.3 is 5.97 Å². The topological polar surface area (TPSA) is 91.0 Å². The van der Waals surface area contributed by atoms with Gasteiger partial charge in [-0.15, -0.1) is 0 Å². The summed E-state index contributed by atoms with van der Waals surface area (Å²) >= 11 is 0. The van der Waals surface area contributed by atoms with E-state index in [9.17, 15) is 4.79 Å². The van der Waals surface area contributed by atoms with Gasteiger partial charge in [0.25, 0.3) is 0 Å². The van der Waals surface area contributed by atoms with Crippen molar-refractivity contribution in [1.82, 2.24) is 0 Å². The lowest BCUT2D eigenvalue weighted by Crippen LogP contribution is -2.44. The molecule has 6 heteroatoms. The van der Waals surface area contributed by atoms with E-state index in [1.54, 1.807) is 26.4 Å². The van der Waals surface area contributed by atoms with Gasteiger partial charge in [-0.1, -0.05) is 6.07 Å². The molecule has 1 aromatic rings. The highest BCUT2D eigenvalue weighted by Gasteiger charge is 2.26. The Balaban J connectivity index is 2.48. The van der Waals surface area contributed by atoms with Gasteiger partial charge in [-0.2, -0.15) is 0 Å². The molecule has 0 heterocycles. The quantitative estimate of drug-likeness (QED) is 0.678. The van der Waals surface area contributed by atoms with E-state index in [4.69, 9.17) is 25.1 Å². The number of ether oxygens (including phenoxy) is 3. The predicted molar refractivity (Wildman–Crippen MR) is 79.1 cm³/mol. The lowest BCUT2D eigenvalue weighted by atomic mass is 9.97. The molecule has 0 saturated carbocycles. The molecule has 0 amide bonds. The summed E-state index contributed by atoms with van der Waals surface area (Å²) in [5.41, 5.74) is 4.47. The van der Waals surface area contributed by atoms with Gasteiger partial charge in [0, 0.05) is 0 Å². The Morgan fingerprint density at radius 1 is 1.24 bits per heavy atom. The number of carbonyl (C=O) groups is 1. The van der Waals surface area contributed by atoms with Crippen LogP contribution in [0.25, 0.3) is 0 Å². The Bertz CT molecular complexity index is 451. The minimum absolute atomic E-state index is 0.398. The molecule has 1 unspecified atom stereocenters. The molecule has 0 saturated heterocycles. The minimum Gasteiger partial charge on any atom is -0.493 e. The molecule has 0 aromatic heterocycles. The largest absolute Gasteiger partial charge is 0.493 e. The number of carboxylic acid groups (broad SMARTS) is 1. The lowest BCUT2D eigenvalue weighted by molar-refractivity contribution is -0.142. The molecule has 0 aliphatic heterocycles. The Morgan fingerprint density at radius 2 is 1.81 bits per heavy atom. The molecule has 0 aliphatic carbocycles.